The number of aliphatic hydroxyl groups is 1. The van der Waals surface area contributed by atoms with Gasteiger partial charge in [0.2, 0.25) is 12.3 Å². The number of aromatic nitrogens is 2. The van der Waals surface area contributed by atoms with Crippen molar-refractivity contribution in [3.8, 4) is 22.1 Å². The zero-order chi connectivity index (χ0) is 31.9. The predicted molar refractivity (Wildman–Crippen MR) is 173 cm³/mol. The highest BCUT2D eigenvalue weighted by atomic mass is 32.1. The Kier molecular flexibility index (Phi) is 10.2. The number of aryl methyl sites for hydroxylation is 1. The molecule has 5 heterocycles. The summed E-state index contributed by atoms with van der Waals surface area (Å²) < 4.78 is 7.24. The first-order valence-corrected chi connectivity index (χ1v) is 15.6. The van der Waals surface area contributed by atoms with E-state index in [0.717, 1.165) is 58.0 Å². The average Bonchev–Trinajstić information content (AvgIpc) is 3.41. The Morgan fingerprint density at radius 2 is 1.84 bits per heavy atom. The van der Waals surface area contributed by atoms with Crippen LogP contribution in [0.4, 0.5) is 10.5 Å². The molecule has 0 spiro atoms. The molecule has 45 heavy (non-hydrogen) atoms. The van der Waals surface area contributed by atoms with Crippen molar-refractivity contribution < 1.29 is 24.2 Å². The Morgan fingerprint density at radius 3 is 2.51 bits per heavy atom. The normalized spacial score (nSPS) is 14.9. The maximum Gasteiger partial charge on any atom is 0.319 e. The molecule has 1 aromatic carbocycles. The Labute approximate surface area is 265 Å². The molecule has 3 aromatic heterocycles. The fourth-order valence-electron chi connectivity index (χ4n) is 5.08. The summed E-state index contributed by atoms with van der Waals surface area (Å²) in [5.74, 6) is 1.39. The molecule has 4 amide bonds. The summed E-state index contributed by atoms with van der Waals surface area (Å²) in [6.07, 6.45) is 4.39. The molecule has 2 fully saturated rings. The summed E-state index contributed by atoms with van der Waals surface area (Å²) in [6.45, 7) is 8.94. The third-order valence-corrected chi connectivity index (χ3v) is 8.60. The fraction of sp³-hybridized carbons (Fsp3) is 0.344. The van der Waals surface area contributed by atoms with Gasteiger partial charge in [0, 0.05) is 70.4 Å². The number of carbonyl (C=O) groups excluding carboxylic acids is 3. The number of anilines is 1. The topological polar surface area (TPSA) is 149 Å². The first-order valence-electron chi connectivity index (χ1n) is 14.7. The van der Waals surface area contributed by atoms with E-state index < -0.39 is 0 Å². The predicted octanol–water partition coefficient (Wildman–Crippen LogP) is 3.74. The zero-order valence-electron chi connectivity index (χ0n) is 25.4. The van der Waals surface area contributed by atoms with Gasteiger partial charge in [0.15, 0.2) is 0 Å². The van der Waals surface area contributed by atoms with Crippen LogP contribution in [0.3, 0.4) is 0 Å². The number of urea groups is 1. The van der Waals surface area contributed by atoms with E-state index in [0.29, 0.717) is 30.3 Å². The molecule has 0 aliphatic carbocycles. The maximum absolute atomic E-state index is 12.4. The summed E-state index contributed by atoms with van der Waals surface area (Å²) in [5, 5.41) is 16.1. The van der Waals surface area contributed by atoms with Gasteiger partial charge in [-0.05, 0) is 55.3 Å². The summed E-state index contributed by atoms with van der Waals surface area (Å²) in [7, 11) is 0. The Bertz CT molecular complexity index is 1650. The number of pyridine rings is 2. The van der Waals surface area contributed by atoms with Crippen LogP contribution in [0.25, 0.3) is 20.8 Å². The minimum atomic E-state index is -0.305. The third kappa shape index (κ3) is 7.93. The van der Waals surface area contributed by atoms with Crippen LogP contribution in [-0.2, 0) is 16.1 Å². The van der Waals surface area contributed by atoms with Crippen molar-refractivity contribution in [2.24, 2.45) is 0 Å². The van der Waals surface area contributed by atoms with Gasteiger partial charge in [-0.15, -0.1) is 11.3 Å². The molecular weight excluding hydrogens is 594 g/mol. The first kappa shape index (κ1) is 31.8. The van der Waals surface area contributed by atoms with Crippen molar-refractivity contribution in [2.45, 2.75) is 39.4 Å². The molecule has 0 atom stereocenters. The van der Waals surface area contributed by atoms with Gasteiger partial charge in [0.05, 0.1) is 32.9 Å². The number of ether oxygens (including phenoxy) is 1. The molecule has 2 aliphatic rings. The van der Waals surface area contributed by atoms with Crippen molar-refractivity contribution in [1.82, 2.24) is 30.4 Å². The molecule has 0 radical (unpaired) electrons. The third-order valence-electron chi connectivity index (χ3n) is 7.43. The number of benzene rings is 1. The van der Waals surface area contributed by atoms with E-state index in [1.807, 2.05) is 43.5 Å². The van der Waals surface area contributed by atoms with Crippen molar-refractivity contribution in [3.63, 3.8) is 0 Å². The molecule has 12 nitrogen and oxygen atoms in total. The van der Waals surface area contributed by atoms with Crippen molar-refractivity contribution in [3.05, 3.63) is 66.0 Å². The number of likely N-dealkylation sites (tertiary alicyclic amines) is 2. The molecule has 0 saturated carbocycles. The highest BCUT2D eigenvalue weighted by Crippen LogP contribution is 2.39. The minimum absolute atomic E-state index is 0.0126. The number of aliphatic hydroxyl groups excluding tert-OH is 1. The maximum atomic E-state index is 12.4. The quantitative estimate of drug-likeness (QED) is 0.204. The molecule has 0 bridgehead atoms. The number of nitrogens with zero attached hydrogens (tertiary/aromatic N) is 4. The van der Waals surface area contributed by atoms with Crippen LogP contribution in [0, 0.1) is 6.92 Å². The van der Waals surface area contributed by atoms with Gasteiger partial charge in [-0.25, -0.2) is 4.79 Å². The second-order valence-corrected chi connectivity index (χ2v) is 12.0. The highest BCUT2D eigenvalue weighted by Gasteiger charge is 2.29. The van der Waals surface area contributed by atoms with Gasteiger partial charge in [-0.1, -0.05) is 6.07 Å². The Balaban J connectivity index is 0.00000128. The lowest BCUT2D eigenvalue weighted by Gasteiger charge is -2.38. The molecule has 2 aliphatic heterocycles. The molecule has 6 rings (SSSR count). The Hall–Kier alpha value is -4.59. The number of nitrogens with one attached hydrogen (secondary N) is 3. The van der Waals surface area contributed by atoms with Crippen LogP contribution in [0.2, 0.25) is 0 Å². The summed E-state index contributed by atoms with van der Waals surface area (Å²) in [6, 6.07) is 13.4. The summed E-state index contributed by atoms with van der Waals surface area (Å²) in [5.41, 5.74) is 4.35. The van der Waals surface area contributed by atoms with Gasteiger partial charge in [0.1, 0.15) is 11.5 Å². The smallest absolute Gasteiger partial charge is 0.319 e. The standard InChI is InChI=1S/C30H31N7O4S.C2H6O/c1-18-9-21(34-30(40)35-23-15-37(16-23)19(2)39)4-6-26(18)41-27-7-8-31-25-10-28(42-29(25)27)24-5-3-20(11-32-24)12-36-13-22(14-36)33-17-38;1-2-3/h3-11,17,22-23H,12-16H2,1-2H3,(H,33,38)(H2,34,35,40);3H,2H2,1H3. The zero-order valence-corrected chi connectivity index (χ0v) is 26.3. The van der Waals surface area contributed by atoms with E-state index in [1.54, 1.807) is 35.4 Å². The number of amides is 4. The molecular formula is C32H37N7O5S. The second-order valence-electron chi connectivity index (χ2n) is 11.0. The van der Waals surface area contributed by atoms with E-state index >= 15 is 0 Å². The van der Waals surface area contributed by atoms with Gasteiger partial charge < -0.3 is 30.7 Å². The van der Waals surface area contributed by atoms with Crippen LogP contribution < -0.4 is 20.7 Å². The van der Waals surface area contributed by atoms with Crippen LogP contribution in [0.5, 0.6) is 11.5 Å². The molecule has 4 N–H and O–H groups in total. The molecule has 0 unspecified atom stereocenters. The SMILES string of the molecule is CC(=O)N1CC(NC(=O)Nc2ccc(Oc3ccnc4cc(-c5ccc(CN6CC(NC=O)C6)cn5)sc34)c(C)c2)C1.CCO. The van der Waals surface area contributed by atoms with E-state index in [4.69, 9.17) is 14.8 Å². The summed E-state index contributed by atoms with van der Waals surface area (Å²) >= 11 is 1.58. The molecule has 2 saturated heterocycles. The first-order chi connectivity index (χ1) is 21.8. The highest BCUT2D eigenvalue weighted by molar-refractivity contribution is 7.22. The minimum Gasteiger partial charge on any atom is -0.455 e. The number of hydrogen-bond donors (Lipinski definition) is 4. The van der Waals surface area contributed by atoms with E-state index in [-0.39, 0.29) is 30.6 Å². The number of fused-ring (bicyclic) bond motifs is 1. The lowest BCUT2D eigenvalue weighted by Crippen LogP contribution is -2.61. The van der Waals surface area contributed by atoms with Crippen LogP contribution in [0.1, 0.15) is 25.0 Å². The number of hydrogen-bond acceptors (Lipinski definition) is 9. The monoisotopic (exact) mass is 631 g/mol. The number of rotatable bonds is 9. The van der Waals surface area contributed by atoms with Crippen LogP contribution in [0.15, 0.2) is 54.9 Å². The average molecular weight is 632 g/mol. The number of carbonyl (C=O) groups is 3. The number of thiophene rings is 1. The lowest BCUT2D eigenvalue weighted by atomic mass is 10.1. The van der Waals surface area contributed by atoms with E-state index in [9.17, 15) is 14.4 Å². The molecule has 13 heteroatoms. The fourth-order valence-corrected chi connectivity index (χ4v) is 6.13. The Morgan fingerprint density at radius 1 is 1.07 bits per heavy atom. The lowest BCUT2D eigenvalue weighted by molar-refractivity contribution is -0.133. The van der Waals surface area contributed by atoms with Gasteiger partial charge >= 0.3 is 6.03 Å². The largest absolute Gasteiger partial charge is 0.455 e. The van der Waals surface area contributed by atoms with Crippen molar-refractivity contribution in [2.75, 3.05) is 38.1 Å². The van der Waals surface area contributed by atoms with Crippen LogP contribution in [-0.4, -0.2) is 88.1 Å². The summed E-state index contributed by atoms with van der Waals surface area (Å²) in [4.78, 5) is 48.5. The van der Waals surface area contributed by atoms with Crippen LogP contribution >= 0.6 is 11.3 Å². The van der Waals surface area contributed by atoms with E-state index in [2.05, 4.69) is 31.9 Å². The van der Waals surface area contributed by atoms with Gasteiger partial charge in [-0.3, -0.25) is 24.5 Å². The second kappa shape index (κ2) is 14.5. The van der Waals surface area contributed by atoms with Gasteiger partial charge in [-0.2, -0.15) is 0 Å². The van der Waals surface area contributed by atoms with E-state index in [1.165, 1.54) is 6.92 Å². The van der Waals surface area contributed by atoms with Crippen molar-refractivity contribution >= 4 is 45.6 Å². The van der Waals surface area contributed by atoms with Crippen molar-refractivity contribution in [1.29, 1.82) is 0 Å². The molecule has 4 aromatic rings. The molecule has 236 valence electrons. The van der Waals surface area contributed by atoms with Gasteiger partial charge in [0.25, 0.3) is 0 Å².